The zero-order valence-electron chi connectivity index (χ0n) is 13.5. The fourth-order valence-electron chi connectivity index (χ4n) is 2.51. The summed E-state index contributed by atoms with van der Waals surface area (Å²) in [6.45, 7) is 8.24. The first-order valence-electron chi connectivity index (χ1n) is 8.00. The standard InChI is InChI=1S/C17H21N3O2S/c1-3-20(4-2)9-10-23-17-8-6-14(18-19-17)13-5-7-15-16(11-13)22-12-21-15/h5-8,11H,3-4,9-10,12H2,1-2H3/p+1. The molecule has 5 nitrogen and oxygen atoms in total. The summed E-state index contributed by atoms with van der Waals surface area (Å²) >= 11 is 1.76. The number of nitrogens with one attached hydrogen (secondary N) is 1. The number of aromatic nitrogens is 2. The van der Waals surface area contributed by atoms with E-state index >= 15 is 0 Å². The fourth-order valence-corrected chi connectivity index (χ4v) is 3.37. The van der Waals surface area contributed by atoms with Crippen LogP contribution in [0.1, 0.15) is 13.8 Å². The maximum Gasteiger partial charge on any atom is 0.231 e. The van der Waals surface area contributed by atoms with Gasteiger partial charge in [-0.25, -0.2) is 0 Å². The Morgan fingerprint density at radius 1 is 1.04 bits per heavy atom. The van der Waals surface area contributed by atoms with Gasteiger partial charge in [0.05, 0.1) is 25.3 Å². The van der Waals surface area contributed by atoms with Crippen LogP contribution in [0.3, 0.4) is 0 Å². The third-order valence-electron chi connectivity index (χ3n) is 4.01. The first-order valence-corrected chi connectivity index (χ1v) is 8.98. The van der Waals surface area contributed by atoms with Gasteiger partial charge in [0, 0.05) is 11.3 Å². The van der Waals surface area contributed by atoms with Gasteiger partial charge in [0.1, 0.15) is 5.03 Å². The highest BCUT2D eigenvalue weighted by Crippen LogP contribution is 2.35. The van der Waals surface area contributed by atoms with E-state index in [0.717, 1.165) is 40.1 Å². The largest absolute Gasteiger partial charge is 0.454 e. The third-order valence-corrected chi connectivity index (χ3v) is 4.94. The van der Waals surface area contributed by atoms with Gasteiger partial charge < -0.3 is 14.4 Å². The molecule has 0 radical (unpaired) electrons. The molecule has 0 fully saturated rings. The number of quaternary nitrogens is 1. The van der Waals surface area contributed by atoms with Crippen molar-refractivity contribution in [3.63, 3.8) is 0 Å². The molecular formula is C17H22N3O2S+. The molecule has 0 aliphatic carbocycles. The molecule has 1 aromatic heterocycles. The predicted octanol–water partition coefficient (Wildman–Crippen LogP) is 1.89. The Hall–Kier alpha value is -1.79. The number of benzene rings is 1. The highest BCUT2D eigenvalue weighted by molar-refractivity contribution is 7.99. The number of fused-ring (bicyclic) bond motifs is 1. The van der Waals surface area contributed by atoms with Crippen LogP contribution in [0, 0.1) is 0 Å². The number of hydrogen-bond acceptors (Lipinski definition) is 5. The summed E-state index contributed by atoms with van der Waals surface area (Å²) in [6, 6.07) is 9.89. The average molecular weight is 332 g/mol. The van der Waals surface area contributed by atoms with E-state index in [1.54, 1.807) is 16.7 Å². The van der Waals surface area contributed by atoms with Crippen molar-refractivity contribution in [3.8, 4) is 22.8 Å². The van der Waals surface area contributed by atoms with Gasteiger partial charge in [-0.1, -0.05) is 11.8 Å². The summed E-state index contributed by atoms with van der Waals surface area (Å²) in [5, 5.41) is 9.64. The van der Waals surface area contributed by atoms with Crippen LogP contribution in [-0.2, 0) is 0 Å². The lowest BCUT2D eigenvalue weighted by molar-refractivity contribution is -0.893. The lowest BCUT2D eigenvalue weighted by atomic mass is 10.1. The molecule has 0 spiro atoms. The highest BCUT2D eigenvalue weighted by atomic mass is 32.2. The summed E-state index contributed by atoms with van der Waals surface area (Å²) in [6.07, 6.45) is 0. The van der Waals surface area contributed by atoms with E-state index in [2.05, 4.69) is 24.0 Å². The van der Waals surface area contributed by atoms with Crippen LogP contribution in [0.5, 0.6) is 11.5 Å². The molecule has 1 aromatic carbocycles. The van der Waals surface area contributed by atoms with Gasteiger partial charge in [-0.15, -0.1) is 10.2 Å². The Labute approximate surface area is 141 Å². The van der Waals surface area contributed by atoms with Crippen molar-refractivity contribution in [2.24, 2.45) is 0 Å². The van der Waals surface area contributed by atoms with Gasteiger partial charge in [-0.05, 0) is 44.2 Å². The second kappa shape index (κ2) is 7.66. The first kappa shape index (κ1) is 16.1. The van der Waals surface area contributed by atoms with Crippen molar-refractivity contribution in [2.75, 3.05) is 32.2 Å². The highest BCUT2D eigenvalue weighted by Gasteiger charge is 2.14. The molecule has 122 valence electrons. The fraction of sp³-hybridized carbons (Fsp3) is 0.412. The number of rotatable bonds is 7. The quantitative estimate of drug-likeness (QED) is 0.785. The maximum atomic E-state index is 5.40. The van der Waals surface area contributed by atoms with E-state index in [1.165, 1.54) is 13.1 Å². The van der Waals surface area contributed by atoms with Gasteiger partial charge in [-0.2, -0.15) is 0 Å². The molecule has 3 rings (SSSR count). The molecule has 1 aliphatic rings. The molecule has 23 heavy (non-hydrogen) atoms. The summed E-state index contributed by atoms with van der Waals surface area (Å²) in [7, 11) is 0. The molecule has 0 atom stereocenters. The van der Waals surface area contributed by atoms with Crippen molar-refractivity contribution in [2.45, 2.75) is 18.9 Å². The van der Waals surface area contributed by atoms with Gasteiger partial charge >= 0.3 is 0 Å². The first-order chi connectivity index (χ1) is 11.3. The van der Waals surface area contributed by atoms with E-state index in [9.17, 15) is 0 Å². The second-order valence-corrected chi connectivity index (χ2v) is 6.50. The molecule has 0 bridgehead atoms. The third kappa shape index (κ3) is 3.95. The van der Waals surface area contributed by atoms with Crippen LogP contribution in [0.4, 0.5) is 0 Å². The van der Waals surface area contributed by atoms with E-state index in [4.69, 9.17) is 9.47 Å². The van der Waals surface area contributed by atoms with E-state index < -0.39 is 0 Å². The van der Waals surface area contributed by atoms with Gasteiger partial charge in [-0.3, -0.25) is 0 Å². The van der Waals surface area contributed by atoms with Crippen LogP contribution in [-0.4, -0.2) is 42.4 Å². The van der Waals surface area contributed by atoms with Crippen molar-refractivity contribution in [1.29, 1.82) is 0 Å². The smallest absolute Gasteiger partial charge is 0.231 e. The Balaban J connectivity index is 1.61. The number of thioether (sulfide) groups is 1. The van der Waals surface area contributed by atoms with Crippen LogP contribution in [0.2, 0.25) is 0 Å². The van der Waals surface area contributed by atoms with Crippen LogP contribution in [0.15, 0.2) is 35.4 Å². The molecule has 0 amide bonds. The van der Waals surface area contributed by atoms with E-state index in [-0.39, 0.29) is 6.79 Å². The zero-order valence-corrected chi connectivity index (χ0v) is 14.4. The van der Waals surface area contributed by atoms with Crippen LogP contribution in [0.25, 0.3) is 11.3 Å². The normalized spacial score (nSPS) is 12.8. The number of ether oxygens (including phenoxy) is 2. The Morgan fingerprint density at radius 3 is 2.61 bits per heavy atom. The summed E-state index contributed by atoms with van der Waals surface area (Å²) in [5.74, 6) is 2.62. The van der Waals surface area contributed by atoms with Gasteiger partial charge in [0.25, 0.3) is 0 Å². The van der Waals surface area contributed by atoms with Crippen molar-refractivity contribution in [1.82, 2.24) is 10.2 Å². The SMILES string of the molecule is CC[NH+](CC)CCSc1ccc(-c2ccc3c(c2)OCO3)nn1. The van der Waals surface area contributed by atoms with Gasteiger partial charge in [0.2, 0.25) is 6.79 Å². The lowest BCUT2D eigenvalue weighted by Gasteiger charge is -2.14. The second-order valence-electron chi connectivity index (χ2n) is 5.38. The van der Waals surface area contributed by atoms with E-state index in [0.29, 0.717) is 0 Å². The molecular weight excluding hydrogens is 310 g/mol. The Bertz CT molecular complexity index is 645. The van der Waals surface area contributed by atoms with E-state index in [1.807, 2.05) is 30.3 Å². The molecule has 2 heterocycles. The maximum absolute atomic E-state index is 5.40. The zero-order chi connectivity index (χ0) is 16.1. The Kier molecular flexibility index (Phi) is 5.35. The summed E-state index contributed by atoms with van der Waals surface area (Å²) in [5.41, 5.74) is 1.84. The minimum atomic E-state index is 0.286. The summed E-state index contributed by atoms with van der Waals surface area (Å²) < 4.78 is 10.7. The molecule has 0 saturated heterocycles. The molecule has 6 heteroatoms. The Morgan fingerprint density at radius 2 is 1.87 bits per heavy atom. The number of nitrogens with zero attached hydrogens (tertiary/aromatic N) is 2. The minimum Gasteiger partial charge on any atom is -0.454 e. The monoisotopic (exact) mass is 332 g/mol. The molecule has 1 aliphatic heterocycles. The van der Waals surface area contributed by atoms with Crippen molar-refractivity contribution < 1.29 is 14.4 Å². The van der Waals surface area contributed by atoms with Gasteiger partial charge in [0.15, 0.2) is 11.5 Å². The average Bonchev–Trinajstić information content (AvgIpc) is 3.07. The van der Waals surface area contributed by atoms with Crippen LogP contribution >= 0.6 is 11.8 Å². The topological polar surface area (TPSA) is 48.7 Å². The van der Waals surface area contributed by atoms with Crippen LogP contribution < -0.4 is 14.4 Å². The minimum absolute atomic E-state index is 0.286. The molecule has 1 N–H and O–H groups in total. The number of hydrogen-bond donors (Lipinski definition) is 1. The van der Waals surface area contributed by atoms with Crippen molar-refractivity contribution in [3.05, 3.63) is 30.3 Å². The molecule has 0 unspecified atom stereocenters. The predicted molar refractivity (Wildman–Crippen MR) is 91.2 cm³/mol. The lowest BCUT2D eigenvalue weighted by Crippen LogP contribution is -3.11. The molecule has 0 saturated carbocycles. The van der Waals surface area contributed by atoms with Crippen molar-refractivity contribution >= 4 is 11.8 Å². The summed E-state index contributed by atoms with van der Waals surface area (Å²) in [4.78, 5) is 1.61. The molecule has 2 aromatic rings.